The van der Waals surface area contributed by atoms with Gasteiger partial charge < -0.3 is 4.74 Å². The fourth-order valence-electron chi connectivity index (χ4n) is 2.37. The predicted octanol–water partition coefficient (Wildman–Crippen LogP) is 3.80. The molecule has 0 amide bonds. The van der Waals surface area contributed by atoms with Gasteiger partial charge in [-0.1, -0.05) is 19.3 Å². The quantitative estimate of drug-likeness (QED) is 0.773. The summed E-state index contributed by atoms with van der Waals surface area (Å²) in [6.45, 7) is 2.80. The molecule has 2 rings (SSSR count). The third-order valence-electron chi connectivity index (χ3n) is 3.10. The Morgan fingerprint density at radius 2 is 2.19 bits per heavy atom. The molecule has 1 atom stereocenters. The molecule has 16 heavy (non-hydrogen) atoms. The average Bonchev–Trinajstić information content (AvgIpc) is 2.74. The van der Waals surface area contributed by atoms with Gasteiger partial charge in [0.1, 0.15) is 6.10 Å². The summed E-state index contributed by atoms with van der Waals surface area (Å²) in [7, 11) is 0. The van der Waals surface area contributed by atoms with E-state index in [1.807, 2.05) is 6.92 Å². The number of halogens is 1. The van der Waals surface area contributed by atoms with Gasteiger partial charge in [-0.05, 0) is 59.8 Å². The minimum absolute atomic E-state index is 0.130. The van der Waals surface area contributed by atoms with Crippen LogP contribution in [0.3, 0.4) is 0 Å². The lowest BCUT2D eigenvalue weighted by atomic mass is 9.85. The van der Waals surface area contributed by atoms with E-state index in [0.717, 1.165) is 15.4 Å². The predicted molar refractivity (Wildman–Crippen MR) is 73.6 cm³/mol. The van der Waals surface area contributed by atoms with E-state index in [9.17, 15) is 0 Å². The monoisotopic (exact) mass is 352 g/mol. The van der Waals surface area contributed by atoms with Gasteiger partial charge in [0.15, 0.2) is 8.84 Å². The molecule has 0 radical (unpaired) electrons. The zero-order chi connectivity index (χ0) is 11.4. The molecule has 0 spiro atoms. The average molecular weight is 352 g/mol. The number of hydrogen-bond acceptors (Lipinski definition) is 4. The molecule has 1 aliphatic rings. The Kier molecular flexibility index (Phi) is 4.97. The van der Waals surface area contributed by atoms with Crippen molar-refractivity contribution in [2.75, 3.05) is 6.61 Å². The minimum atomic E-state index is 0.130. The van der Waals surface area contributed by atoms with E-state index < -0.39 is 0 Å². The molecule has 1 fully saturated rings. The van der Waals surface area contributed by atoms with Gasteiger partial charge in [-0.15, -0.1) is 0 Å². The van der Waals surface area contributed by atoms with Crippen LogP contribution in [0.1, 0.15) is 51.0 Å². The molecule has 0 saturated heterocycles. The molecule has 5 heteroatoms. The van der Waals surface area contributed by atoms with Gasteiger partial charge in [0.25, 0.3) is 0 Å². The molecule has 3 nitrogen and oxygen atoms in total. The fourth-order valence-corrected chi connectivity index (χ4v) is 3.36. The molecular formula is C11H17IN2OS. The fraction of sp³-hybridized carbons (Fsp3) is 0.818. The van der Waals surface area contributed by atoms with Crippen molar-refractivity contribution in [3.05, 3.63) is 8.84 Å². The molecule has 0 aromatic carbocycles. The normalized spacial score (nSPS) is 19.9. The van der Waals surface area contributed by atoms with Crippen LogP contribution < -0.4 is 0 Å². The Labute approximate surface area is 114 Å². The molecule has 0 aliphatic heterocycles. The molecule has 0 N–H and O–H groups in total. The molecular weight excluding hydrogens is 335 g/mol. The van der Waals surface area contributed by atoms with Crippen molar-refractivity contribution in [2.24, 2.45) is 5.92 Å². The maximum absolute atomic E-state index is 5.86. The van der Waals surface area contributed by atoms with Gasteiger partial charge in [-0.2, -0.15) is 4.37 Å². The van der Waals surface area contributed by atoms with Gasteiger partial charge in [-0.3, -0.25) is 0 Å². The van der Waals surface area contributed by atoms with Crippen molar-refractivity contribution in [3.8, 4) is 0 Å². The Balaban J connectivity index is 2.09. The highest BCUT2D eigenvalue weighted by Gasteiger charge is 2.28. The number of aromatic nitrogens is 2. The SMILES string of the molecule is CCOC(c1nsc(I)n1)C1CCCCC1. The van der Waals surface area contributed by atoms with Crippen LogP contribution in [0.25, 0.3) is 0 Å². The third-order valence-corrected chi connectivity index (χ3v) is 4.45. The second kappa shape index (κ2) is 6.26. The van der Waals surface area contributed by atoms with Crippen molar-refractivity contribution >= 4 is 34.1 Å². The topological polar surface area (TPSA) is 35.0 Å². The van der Waals surface area contributed by atoms with Crippen LogP contribution in [0.4, 0.5) is 0 Å². The van der Waals surface area contributed by atoms with Crippen molar-refractivity contribution in [3.63, 3.8) is 0 Å². The molecule has 1 aromatic heterocycles. The Bertz CT molecular complexity index is 326. The third kappa shape index (κ3) is 3.13. The van der Waals surface area contributed by atoms with Gasteiger partial charge in [0.05, 0.1) is 0 Å². The first-order valence-electron chi connectivity index (χ1n) is 5.92. The van der Waals surface area contributed by atoms with Crippen molar-refractivity contribution in [1.82, 2.24) is 9.36 Å². The van der Waals surface area contributed by atoms with Crippen molar-refractivity contribution in [2.45, 2.75) is 45.1 Å². The molecule has 1 aliphatic carbocycles. The summed E-state index contributed by atoms with van der Waals surface area (Å²) in [5.41, 5.74) is 0. The minimum Gasteiger partial charge on any atom is -0.370 e. The summed E-state index contributed by atoms with van der Waals surface area (Å²) in [6, 6.07) is 0. The largest absolute Gasteiger partial charge is 0.370 e. The van der Waals surface area contributed by atoms with Gasteiger partial charge >= 0.3 is 0 Å². The summed E-state index contributed by atoms with van der Waals surface area (Å²) in [5, 5.41) is 0. The van der Waals surface area contributed by atoms with Crippen molar-refractivity contribution in [1.29, 1.82) is 0 Å². The summed E-state index contributed by atoms with van der Waals surface area (Å²) in [5.74, 6) is 1.53. The number of nitrogens with zero attached hydrogens (tertiary/aromatic N) is 2. The first kappa shape index (κ1) is 12.7. The van der Waals surface area contributed by atoms with E-state index >= 15 is 0 Å². The van der Waals surface area contributed by atoms with Gasteiger partial charge in [0, 0.05) is 6.61 Å². The van der Waals surface area contributed by atoms with E-state index in [1.165, 1.54) is 43.6 Å². The Hall–Kier alpha value is 0.250. The summed E-state index contributed by atoms with van der Waals surface area (Å²) < 4.78 is 11.3. The number of rotatable bonds is 4. The van der Waals surface area contributed by atoms with Gasteiger partial charge in [-0.25, -0.2) is 4.98 Å². The Morgan fingerprint density at radius 3 is 2.75 bits per heavy atom. The molecule has 1 unspecified atom stereocenters. The summed E-state index contributed by atoms with van der Waals surface area (Å²) >= 11 is 3.69. The standard InChI is InChI=1S/C11H17IN2OS/c1-2-15-9(8-6-4-3-5-7-8)10-13-11(12)16-14-10/h8-9H,2-7H2,1H3. The first-order valence-corrected chi connectivity index (χ1v) is 7.77. The molecule has 1 saturated carbocycles. The second-order valence-electron chi connectivity index (χ2n) is 4.18. The summed E-state index contributed by atoms with van der Waals surface area (Å²) in [6.07, 6.45) is 6.69. The molecule has 1 aromatic rings. The van der Waals surface area contributed by atoms with Gasteiger partial charge in [0.2, 0.25) is 0 Å². The van der Waals surface area contributed by atoms with Crippen LogP contribution >= 0.6 is 34.1 Å². The lowest BCUT2D eigenvalue weighted by Gasteiger charge is -2.28. The zero-order valence-electron chi connectivity index (χ0n) is 9.49. The van der Waals surface area contributed by atoms with Crippen LogP contribution in [0, 0.1) is 8.93 Å². The second-order valence-corrected chi connectivity index (χ2v) is 6.69. The maximum Gasteiger partial charge on any atom is 0.174 e. The zero-order valence-corrected chi connectivity index (χ0v) is 12.5. The smallest absolute Gasteiger partial charge is 0.174 e. The highest BCUT2D eigenvalue weighted by atomic mass is 127. The molecule has 1 heterocycles. The van der Waals surface area contributed by atoms with Crippen LogP contribution in [0.5, 0.6) is 0 Å². The van der Waals surface area contributed by atoms with E-state index in [1.54, 1.807) is 0 Å². The summed E-state index contributed by atoms with van der Waals surface area (Å²) in [4.78, 5) is 4.47. The maximum atomic E-state index is 5.86. The lowest BCUT2D eigenvalue weighted by molar-refractivity contribution is 0.000513. The highest BCUT2D eigenvalue weighted by Crippen LogP contribution is 2.36. The van der Waals surface area contributed by atoms with E-state index in [0.29, 0.717) is 5.92 Å². The number of ether oxygens (including phenoxy) is 1. The van der Waals surface area contributed by atoms with Crippen LogP contribution in [0.15, 0.2) is 0 Å². The lowest BCUT2D eigenvalue weighted by Crippen LogP contribution is -2.20. The van der Waals surface area contributed by atoms with Crippen molar-refractivity contribution < 1.29 is 4.74 Å². The first-order chi connectivity index (χ1) is 7.81. The number of hydrogen-bond donors (Lipinski definition) is 0. The van der Waals surface area contributed by atoms with E-state index in [2.05, 4.69) is 31.9 Å². The Morgan fingerprint density at radius 1 is 1.44 bits per heavy atom. The van der Waals surface area contributed by atoms with Crippen LogP contribution in [0.2, 0.25) is 0 Å². The van der Waals surface area contributed by atoms with Crippen LogP contribution in [-0.4, -0.2) is 16.0 Å². The molecule has 0 bridgehead atoms. The van der Waals surface area contributed by atoms with Crippen LogP contribution in [-0.2, 0) is 4.74 Å². The van der Waals surface area contributed by atoms with E-state index in [-0.39, 0.29) is 6.10 Å². The molecule has 90 valence electrons. The highest BCUT2D eigenvalue weighted by molar-refractivity contribution is 14.1. The van der Waals surface area contributed by atoms with E-state index in [4.69, 9.17) is 4.74 Å².